The number of fused-ring (bicyclic) bond motifs is 1. The molecule has 2 heterocycles. The van der Waals surface area contributed by atoms with E-state index in [9.17, 15) is 27.9 Å². The first-order valence-corrected chi connectivity index (χ1v) is 8.62. The van der Waals surface area contributed by atoms with Crippen molar-refractivity contribution >= 4 is 17.8 Å². The summed E-state index contributed by atoms with van der Waals surface area (Å²) in [7, 11) is 0. The molecule has 0 bridgehead atoms. The Morgan fingerprint density at radius 1 is 1.17 bits per heavy atom. The van der Waals surface area contributed by atoms with Crippen LogP contribution in [0.15, 0.2) is 29.3 Å². The lowest BCUT2D eigenvalue weighted by Gasteiger charge is -2.39. The predicted octanol–water partition coefficient (Wildman–Crippen LogP) is 1.43. The minimum absolute atomic E-state index is 0.0255. The second-order valence-corrected chi connectivity index (χ2v) is 6.52. The summed E-state index contributed by atoms with van der Waals surface area (Å²) in [6.45, 7) is 2.03. The van der Waals surface area contributed by atoms with Gasteiger partial charge in [-0.2, -0.15) is 13.2 Å². The van der Waals surface area contributed by atoms with Crippen molar-refractivity contribution in [3.63, 3.8) is 0 Å². The molecule has 2 aliphatic heterocycles. The van der Waals surface area contributed by atoms with E-state index in [0.29, 0.717) is 0 Å². The van der Waals surface area contributed by atoms with E-state index in [1.165, 1.54) is 19.1 Å². The molecule has 0 saturated carbocycles. The number of carbonyl (C=O) groups excluding carboxylic acids is 2. The number of aliphatic imine (C=N–C) groups is 1. The molecule has 0 spiro atoms. The fourth-order valence-corrected chi connectivity index (χ4v) is 3.03. The third kappa shape index (κ3) is 4.67. The summed E-state index contributed by atoms with van der Waals surface area (Å²) in [6.07, 6.45) is -10.1. The number of alkyl halides is 3. The molecule has 11 heteroatoms. The van der Waals surface area contributed by atoms with Gasteiger partial charge in [0.2, 0.25) is 5.90 Å². The van der Waals surface area contributed by atoms with Gasteiger partial charge >= 0.3 is 18.1 Å². The van der Waals surface area contributed by atoms with E-state index in [1.54, 1.807) is 0 Å². The second kappa shape index (κ2) is 7.99. The smallest absolute Gasteiger partial charge is 0.416 e. The molecule has 2 aliphatic rings. The van der Waals surface area contributed by atoms with Crippen LogP contribution >= 0.6 is 0 Å². The Balaban J connectivity index is 1.80. The van der Waals surface area contributed by atoms with Crippen molar-refractivity contribution in [2.24, 2.45) is 4.99 Å². The van der Waals surface area contributed by atoms with Gasteiger partial charge in [0.1, 0.15) is 18.8 Å². The van der Waals surface area contributed by atoms with Gasteiger partial charge in [-0.3, -0.25) is 9.59 Å². The van der Waals surface area contributed by atoms with Gasteiger partial charge in [0.25, 0.3) is 0 Å². The Labute approximate surface area is 163 Å². The molecule has 1 N–H and O–H groups in total. The lowest BCUT2D eigenvalue weighted by Crippen LogP contribution is -2.59. The number of esters is 2. The number of halogens is 3. The van der Waals surface area contributed by atoms with E-state index >= 15 is 0 Å². The molecular weight excluding hydrogens is 399 g/mol. The minimum Gasteiger partial charge on any atom is -0.466 e. The second-order valence-electron chi connectivity index (χ2n) is 6.52. The van der Waals surface area contributed by atoms with Gasteiger partial charge in [-0.05, 0) is 24.3 Å². The summed E-state index contributed by atoms with van der Waals surface area (Å²) < 4.78 is 59.4. The van der Waals surface area contributed by atoms with Crippen LogP contribution in [0, 0.1) is 0 Å². The predicted molar refractivity (Wildman–Crippen MR) is 89.7 cm³/mol. The summed E-state index contributed by atoms with van der Waals surface area (Å²) in [5, 5.41) is 10.6. The maximum atomic E-state index is 12.7. The topological polar surface area (TPSA) is 104 Å². The van der Waals surface area contributed by atoms with E-state index in [1.807, 2.05) is 0 Å². The average molecular weight is 417 g/mol. The number of nitrogens with zero attached hydrogens (tertiary/aromatic N) is 1. The Hall–Kier alpha value is -2.66. The fourth-order valence-electron chi connectivity index (χ4n) is 3.03. The van der Waals surface area contributed by atoms with Crippen LogP contribution in [0.4, 0.5) is 13.2 Å². The number of ether oxygens (including phenoxy) is 4. The van der Waals surface area contributed by atoms with Gasteiger partial charge in [0.15, 0.2) is 18.4 Å². The summed E-state index contributed by atoms with van der Waals surface area (Å²) in [6, 6.07) is 4.13. The molecule has 8 nitrogen and oxygen atoms in total. The van der Waals surface area contributed by atoms with Crippen LogP contribution in [0.25, 0.3) is 0 Å². The normalized spacial score (nSPS) is 28.8. The number of hydrogen-bond donors (Lipinski definition) is 1. The lowest BCUT2D eigenvalue weighted by atomic mass is 9.98. The molecule has 0 aromatic heterocycles. The quantitative estimate of drug-likeness (QED) is 0.740. The Morgan fingerprint density at radius 2 is 1.83 bits per heavy atom. The molecule has 1 fully saturated rings. The van der Waals surface area contributed by atoms with E-state index < -0.39 is 54.3 Å². The van der Waals surface area contributed by atoms with Crippen molar-refractivity contribution < 1.29 is 46.8 Å². The third-order valence-electron chi connectivity index (χ3n) is 4.34. The van der Waals surface area contributed by atoms with Gasteiger partial charge in [0, 0.05) is 19.4 Å². The highest BCUT2D eigenvalue weighted by Crippen LogP contribution is 2.33. The van der Waals surface area contributed by atoms with Gasteiger partial charge in [-0.1, -0.05) is 0 Å². The highest BCUT2D eigenvalue weighted by molar-refractivity contribution is 5.95. The van der Waals surface area contributed by atoms with Crippen LogP contribution in [0.3, 0.4) is 0 Å². The number of benzene rings is 1. The Bertz CT molecular complexity index is 809. The SMILES string of the molecule is CC(=O)OC[C@H]1O[C@@H]2N=C(c3ccc(C(F)(F)F)cc3)O[C@@H]2[C@@H](O)[C@@H]1OC(C)=O. The van der Waals surface area contributed by atoms with Gasteiger partial charge < -0.3 is 24.1 Å². The standard InChI is InChI=1S/C18H18F3NO7/c1-8(23)26-7-12-14(27-9(2)24)13(25)15-17(28-12)22-16(29-15)10-3-5-11(6-4-10)18(19,20)21/h3-6,12-15,17,25H,7H2,1-2H3/t12-,13+,14-,15-,17+/m1/s1. The van der Waals surface area contributed by atoms with Gasteiger partial charge in [0.05, 0.1) is 5.56 Å². The summed E-state index contributed by atoms with van der Waals surface area (Å²) in [5.74, 6) is -1.31. The van der Waals surface area contributed by atoms with Crippen LogP contribution in [-0.2, 0) is 34.7 Å². The van der Waals surface area contributed by atoms with Crippen molar-refractivity contribution in [3.8, 4) is 0 Å². The molecule has 0 amide bonds. The maximum Gasteiger partial charge on any atom is 0.416 e. The third-order valence-corrected chi connectivity index (χ3v) is 4.34. The van der Waals surface area contributed by atoms with Crippen molar-refractivity contribution in [1.29, 1.82) is 0 Å². The fraction of sp³-hybridized carbons (Fsp3) is 0.500. The number of aliphatic hydroxyl groups excluding tert-OH is 1. The van der Waals surface area contributed by atoms with Crippen molar-refractivity contribution in [2.45, 2.75) is 50.7 Å². The van der Waals surface area contributed by atoms with E-state index in [4.69, 9.17) is 18.9 Å². The van der Waals surface area contributed by atoms with Gasteiger partial charge in [-0.25, -0.2) is 4.99 Å². The largest absolute Gasteiger partial charge is 0.466 e. The molecular formula is C18H18F3NO7. The highest BCUT2D eigenvalue weighted by atomic mass is 19.4. The van der Waals surface area contributed by atoms with Gasteiger partial charge in [-0.15, -0.1) is 0 Å². The maximum absolute atomic E-state index is 12.7. The van der Waals surface area contributed by atoms with Crippen LogP contribution in [0.5, 0.6) is 0 Å². The minimum atomic E-state index is -4.48. The van der Waals surface area contributed by atoms with Crippen molar-refractivity contribution in [1.82, 2.24) is 0 Å². The molecule has 158 valence electrons. The molecule has 0 radical (unpaired) electrons. The highest BCUT2D eigenvalue weighted by Gasteiger charge is 2.52. The van der Waals surface area contributed by atoms with Crippen LogP contribution < -0.4 is 0 Å². The molecule has 29 heavy (non-hydrogen) atoms. The Kier molecular flexibility index (Phi) is 5.80. The first-order chi connectivity index (χ1) is 13.6. The van der Waals surface area contributed by atoms with Crippen LogP contribution in [0.2, 0.25) is 0 Å². The average Bonchev–Trinajstić information content (AvgIpc) is 3.06. The van der Waals surface area contributed by atoms with Crippen molar-refractivity contribution in [3.05, 3.63) is 35.4 Å². The molecule has 0 aliphatic carbocycles. The summed E-state index contributed by atoms with van der Waals surface area (Å²) in [5.41, 5.74) is -0.575. The van der Waals surface area contributed by atoms with Crippen molar-refractivity contribution in [2.75, 3.05) is 6.61 Å². The van der Waals surface area contributed by atoms with Crippen LogP contribution in [-0.4, -0.2) is 60.2 Å². The Morgan fingerprint density at radius 3 is 2.38 bits per heavy atom. The monoisotopic (exact) mass is 417 g/mol. The molecule has 1 saturated heterocycles. The van der Waals surface area contributed by atoms with E-state index in [2.05, 4.69) is 4.99 Å². The molecule has 5 atom stereocenters. The molecule has 0 unspecified atom stereocenters. The number of rotatable bonds is 4. The number of aliphatic hydroxyl groups is 1. The summed E-state index contributed by atoms with van der Waals surface area (Å²) >= 11 is 0. The lowest BCUT2D eigenvalue weighted by molar-refractivity contribution is -0.228. The number of hydrogen-bond acceptors (Lipinski definition) is 8. The molecule has 1 aromatic rings. The zero-order valence-electron chi connectivity index (χ0n) is 15.4. The first-order valence-electron chi connectivity index (χ1n) is 8.62. The molecule has 1 aromatic carbocycles. The van der Waals surface area contributed by atoms with E-state index in [0.717, 1.165) is 19.1 Å². The molecule has 3 rings (SSSR count). The zero-order valence-corrected chi connectivity index (χ0v) is 15.4. The van der Waals surface area contributed by atoms with E-state index in [-0.39, 0.29) is 18.1 Å². The first kappa shape index (κ1) is 21.1. The van der Waals surface area contributed by atoms with Crippen LogP contribution in [0.1, 0.15) is 25.0 Å². The summed E-state index contributed by atoms with van der Waals surface area (Å²) in [4.78, 5) is 26.6. The zero-order chi connectivity index (χ0) is 21.3. The number of carbonyl (C=O) groups is 2.